The molecule has 1 saturated carbocycles. The zero-order valence-corrected chi connectivity index (χ0v) is 11.7. The van der Waals surface area contributed by atoms with Gasteiger partial charge in [-0.15, -0.1) is 0 Å². The van der Waals surface area contributed by atoms with Crippen molar-refractivity contribution in [3.05, 3.63) is 17.9 Å². The van der Waals surface area contributed by atoms with Crippen molar-refractivity contribution in [2.75, 3.05) is 24.2 Å². The lowest BCUT2D eigenvalue weighted by Crippen LogP contribution is -2.13. The van der Waals surface area contributed by atoms with Gasteiger partial charge in [0.15, 0.2) is 11.6 Å². The van der Waals surface area contributed by atoms with E-state index in [1.165, 1.54) is 25.3 Å². The predicted molar refractivity (Wildman–Crippen MR) is 77.0 cm³/mol. The molecule has 19 heavy (non-hydrogen) atoms. The number of hydrogen-bond acceptors (Lipinski definition) is 3. The van der Waals surface area contributed by atoms with Crippen molar-refractivity contribution >= 4 is 11.4 Å². The number of hydrogen-bond donors (Lipinski definition) is 2. The predicted octanol–water partition coefficient (Wildman–Crippen LogP) is 3.65. The first-order valence-corrected chi connectivity index (χ1v) is 7.05. The van der Waals surface area contributed by atoms with Gasteiger partial charge in [-0.3, -0.25) is 0 Å². The molecule has 4 heteroatoms. The van der Waals surface area contributed by atoms with Gasteiger partial charge in [0.05, 0.1) is 18.0 Å². The molecule has 1 aliphatic carbocycles. The molecule has 0 amide bonds. The highest BCUT2D eigenvalue weighted by atomic mass is 19.1. The first-order chi connectivity index (χ1) is 9.10. The zero-order chi connectivity index (χ0) is 13.8. The highest BCUT2D eigenvalue weighted by Gasteiger charge is 2.21. The number of ether oxygens (including phenoxy) is 1. The topological polar surface area (TPSA) is 47.3 Å². The second kappa shape index (κ2) is 6.13. The lowest BCUT2D eigenvalue weighted by Gasteiger charge is -2.15. The van der Waals surface area contributed by atoms with E-state index >= 15 is 0 Å². The Kier molecular flexibility index (Phi) is 4.51. The molecular weight excluding hydrogens is 243 g/mol. The summed E-state index contributed by atoms with van der Waals surface area (Å²) in [6, 6.07) is 2.98. The van der Waals surface area contributed by atoms with Crippen LogP contribution in [0.25, 0.3) is 0 Å². The summed E-state index contributed by atoms with van der Waals surface area (Å²) in [6.07, 6.45) is 3.81. The van der Waals surface area contributed by atoms with Crippen LogP contribution in [0.4, 0.5) is 15.8 Å². The first kappa shape index (κ1) is 14.0. The summed E-state index contributed by atoms with van der Waals surface area (Å²) in [5.41, 5.74) is 7.05. The maximum Gasteiger partial charge on any atom is 0.167 e. The number of rotatable bonds is 5. The van der Waals surface area contributed by atoms with E-state index in [9.17, 15) is 4.39 Å². The molecule has 1 aromatic carbocycles. The second-order valence-electron chi connectivity index (χ2n) is 5.47. The van der Waals surface area contributed by atoms with E-state index in [-0.39, 0.29) is 5.75 Å². The molecule has 1 aromatic rings. The van der Waals surface area contributed by atoms with Crippen LogP contribution in [0.15, 0.2) is 12.1 Å². The summed E-state index contributed by atoms with van der Waals surface area (Å²) in [4.78, 5) is 0. The fourth-order valence-corrected chi connectivity index (χ4v) is 2.75. The fourth-order valence-electron chi connectivity index (χ4n) is 2.75. The minimum atomic E-state index is -0.403. The lowest BCUT2D eigenvalue weighted by molar-refractivity contribution is 0.322. The summed E-state index contributed by atoms with van der Waals surface area (Å²) in [7, 11) is 0. The standard InChI is InChI=1S/C15H23FN2O/c1-3-19-15-8-14(13(17)7-12(15)16)18-9-11-5-4-10(2)6-11/h7-8,10-11,18H,3-6,9,17H2,1-2H3. The highest BCUT2D eigenvalue weighted by Crippen LogP contribution is 2.32. The lowest BCUT2D eigenvalue weighted by atomic mass is 10.1. The Balaban J connectivity index is 2.00. The van der Waals surface area contributed by atoms with Gasteiger partial charge in [0, 0.05) is 18.7 Å². The summed E-state index contributed by atoms with van der Waals surface area (Å²) in [5.74, 6) is 1.37. The van der Waals surface area contributed by atoms with Crippen LogP contribution in [0.3, 0.4) is 0 Å². The third kappa shape index (κ3) is 3.52. The SMILES string of the molecule is CCOc1cc(NCC2CCC(C)C2)c(N)cc1F. The number of nitrogen functional groups attached to an aromatic ring is 1. The molecule has 0 bridgehead atoms. The van der Waals surface area contributed by atoms with E-state index in [2.05, 4.69) is 12.2 Å². The molecule has 2 rings (SSSR count). The van der Waals surface area contributed by atoms with E-state index < -0.39 is 5.82 Å². The van der Waals surface area contributed by atoms with E-state index in [1.54, 1.807) is 6.07 Å². The van der Waals surface area contributed by atoms with Crippen molar-refractivity contribution in [3.8, 4) is 5.75 Å². The molecule has 1 aliphatic rings. The largest absolute Gasteiger partial charge is 0.491 e. The van der Waals surface area contributed by atoms with Gasteiger partial charge in [-0.25, -0.2) is 4.39 Å². The van der Waals surface area contributed by atoms with E-state index in [0.29, 0.717) is 18.2 Å². The van der Waals surface area contributed by atoms with Gasteiger partial charge in [-0.05, 0) is 31.6 Å². The molecule has 2 atom stereocenters. The highest BCUT2D eigenvalue weighted by molar-refractivity contribution is 5.68. The van der Waals surface area contributed by atoms with Crippen LogP contribution in [0.5, 0.6) is 5.75 Å². The normalized spacial score (nSPS) is 22.5. The molecule has 106 valence electrons. The van der Waals surface area contributed by atoms with Gasteiger partial charge in [-0.1, -0.05) is 13.3 Å². The number of halogens is 1. The van der Waals surface area contributed by atoms with Crippen LogP contribution in [0, 0.1) is 17.7 Å². The van der Waals surface area contributed by atoms with Crippen molar-refractivity contribution in [3.63, 3.8) is 0 Å². The van der Waals surface area contributed by atoms with Crippen LogP contribution in [-0.2, 0) is 0 Å². The maximum absolute atomic E-state index is 13.6. The number of anilines is 2. The third-order valence-corrected chi connectivity index (χ3v) is 3.79. The zero-order valence-electron chi connectivity index (χ0n) is 11.7. The Bertz CT molecular complexity index is 436. The summed E-state index contributed by atoms with van der Waals surface area (Å²) >= 11 is 0. The van der Waals surface area contributed by atoms with Crippen LogP contribution in [-0.4, -0.2) is 13.2 Å². The van der Waals surface area contributed by atoms with Crippen LogP contribution in [0.2, 0.25) is 0 Å². The minimum Gasteiger partial charge on any atom is -0.491 e. The number of nitrogens with one attached hydrogen (secondary N) is 1. The van der Waals surface area contributed by atoms with Gasteiger partial charge in [0.2, 0.25) is 0 Å². The molecule has 0 aliphatic heterocycles. The third-order valence-electron chi connectivity index (χ3n) is 3.79. The molecule has 0 aromatic heterocycles. The molecule has 0 spiro atoms. The Hall–Kier alpha value is -1.45. The van der Waals surface area contributed by atoms with Crippen molar-refractivity contribution in [2.45, 2.75) is 33.1 Å². The Morgan fingerprint density at radius 1 is 1.42 bits per heavy atom. The monoisotopic (exact) mass is 266 g/mol. The molecule has 1 fully saturated rings. The summed E-state index contributed by atoms with van der Waals surface area (Å²) in [6.45, 7) is 5.47. The fraction of sp³-hybridized carbons (Fsp3) is 0.600. The average Bonchev–Trinajstić information content (AvgIpc) is 2.77. The Morgan fingerprint density at radius 2 is 2.21 bits per heavy atom. The molecule has 3 N–H and O–H groups in total. The van der Waals surface area contributed by atoms with Crippen molar-refractivity contribution < 1.29 is 9.13 Å². The van der Waals surface area contributed by atoms with E-state index in [1.807, 2.05) is 6.92 Å². The summed E-state index contributed by atoms with van der Waals surface area (Å²) in [5, 5.41) is 3.33. The van der Waals surface area contributed by atoms with Crippen molar-refractivity contribution in [2.24, 2.45) is 11.8 Å². The Morgan fingerprint density at radius 3 is 2.84 bits per heavy atom. The number of benzene rings is 1. The molecule has 0 heterocycles. The molecule has 0 radical (unpaired) electrons. The quantitative estimate of drug-likeness (QED) is 0.800. The van der Waals surface area contributed by atoms with Gasteiger partial charge in [0.25, 0.3) is 0 Å². The molecule has 0 saturated heterocycles. The smallest absolute Gasteiger partial charge is 0.167 e. The van der Waals surface area contributed by atoms with Crippen molar-refractivity contribution in [1.82, 2.24) is 0 Å². The van der Waals surface area contributed by atoms with E-state index in [0.717, 1.165) is 18.2 Å². The number of nitrogens with two attached hydrogens (primary N) is 1. The van der Waals surface area contributed by atoms with Gasteiger partial charge in [-0.2, -0.15) is 0 Å². The summed E-state index contributed by atoms with van der Waals surface area (Å²) < 4.78 is 18.8. The van der Waals surface area contributed by atoms with Gasteiger partial charge >= 0.3 is 0 Å². The van der Waals surface area contributed by atoms with Gasteiger partial charge in [0.1, 0.15) is 0 Å². The van der Waals surface area contributed by atoms with Crippen LogP contribution >= 0.6 is 0 Å². The van der Waals surface area contributed by atoms with Crippen LogP contribution < -0.4 is 15.8 Å². The minimum absolute atomic E-state index is 0.263. The maximum atomic E-state index is 13.6. The Labute approximate surface area is 114 Å². The van der Waals surface area contributed by atoms with Crippen molar-refractivity contribution in [1.29, 1.82) is 0 Å². The molecular formula is C15H23FN2O. The second-order valence-corrected chi connectivity index (χ2v) is 5.47. The first-order valence-electron chi connectivity index (χ1n) is 7.05. The molecule has 2 unspecified atom stereocenters. The molecule has 3 nitrogen and oxygen atoms in total. The van der Waals surface area contributed by atoms with E-state index in [4.69, 9.17) is 10.5 Å². The van der Waals surface area contributed by atoms with Crippen LogP contribution in [0.1, 0.15) is 33.1 Å². The van der Waals surface area contributed by atoms with Gasteiger partial charge < -0.3 is 15.8 Å². The average molecular weight is 266 g/mol.